The van der Waals surface area contributed by atoms with E-state index < -0.39 is 23.7 Å². The number of Topliss-reactive ketones (excluding diaryl/α,β-unsaturated/α-hetero) is 1. The third kappa shape index (κ3) is 3.94. The number of benzene rings is 3. The summed E-state index contributed by atoms with van der Waals surface area (Å²) in [6, 6.07) is 16.6. The van der Waals surface area contributed by atoms with Gasteiger partial charge in [-0.1, -0.05) is 24.3 Å². The second-order valence-electron chi connectivity index (χ2n) is 8.88. The summed E-state index contributed by atoms with van der Waals surface area (Å²) in [5.41, 5.74) is 2.49. The maximum atomic E-state index is 14.7. The van der Waals surface area contributed by atoms with Gasteiger partial charge in [0.25, 0.3) is 0 Å². The van der Waals surface area contributed by atoms with Crippen molar-refractivity contribution in [2.75, 3.05) is 25.1 Å². The fourth-order valence-corrected chi connectivity index (χ4v) is 5.15. The first-order valence-electron chi connectivity index (χ1n) is 12.1. The Bertz CT molecular complexity index is 1550. The second-order valence-corrected chi connectivity index (χ2v) is 8.88. The van der Waals surface area contributed by atoms with E-state index in [9.17, 15) is 14.0 Å². The molecule has 3 heterocycles. The lowest BCUT2D eigenvalue weighted by molar-refractivity contribution is 0.0522. The first-order valence-corrected chi connectivity index (χ1v) is 12.1. The Kier molecular flexibility index (Phi) is 5.71. The van der Waals surface area contributed by atoms with Gasteiger partial charge in [-0.2, -0.15) is 0 Å². The number of ketones is 1. The van der Waals surface area contributed by atoms with Crippen LogP contribution in [0.1, 0.15) is 50.7 Å². The van der Waals surface area contributed by atoms with E-state index in [1.165, 1.54) is 6.07 Å². The van der Waals surface area contributed by atoms with Crippen molar-refractivity contribution in [1.82, 2.24) is 4.98 Å². The van der Waals surface area contributed by atoms with Crippen LogP contribution in [0.5, 0.6) is 11.5 Å². The molecule has 0 fully saturated rings. The van der Waals surface area contributed by atoms with Gasteiger partial charge >= 0.3 is 5.97 Å². The van der Waals surface area contributed by atoms with E-state index in [1.54, 1.807) is 13.1 Å². The molecule has 2 aliphatic heterocycles. The molecule has 0 bridgehead atoms. The van der Waals surface area contributed by atoms with E-state index in [0.717, 1.165) is 28.1 Å². The summed E-state index contributed by atoms with van der Waals surface area (Å²) in [5, 5.41) is 4.17. The third-order valence-corrected chi connectivity index (χ3v) is 6.71. The van der Waals surface area contributed by atoms with E-state index in [1.807, 2.05) is 48.5 Å². The Morgan fingerprint density at radius 1 is 1.08 bits per heavy atom. The minimum atomic E-state index is -0.749. The number of halogens is 1. The number of aromatic nitrogens is 1. The summed E-state index contributed by atoms with van der Waals surface area (Å²) in [5.74, 6) is -1.25. The van der Waals surface area contributed by atoms with Crippen molar-refractivity contribution in [2.45, 2.75) is 18.9 Å². The van der Waals surface area contributed by atoms with Gasteiger partial charge in [-0.25, -0.2) is 9.18 Å². The molecule has 2 atom stereocenters. The monoisotopic (exact) mass is 498 g/mol. The van der Waals surface area contributed by atoms with Gasteiger partial charge in [-0.3, -0.25) is 9.78 Å². The fourth-order valence-electron chi connectivity index (χ4n) is 5.15. The van der Waals surface area contributed by atoms with Crippen LogP contribution >= 0.6 is 0 Å². The third-order valence-electron chi connectivity index (χ3n) is 6.71. The van der Waals surface area contributed by atoms with Crippen molar-refractivity contribution in [3.8, 4) is 11.5 Å². The van der Waals surface area contributed by atoms with Gasteiger partial charge in [-0.05, 0) is 54.4 Å². The van der Waals surface area contributed by atoms with E-state index >= 15 is 0 Å². The lowest BCUT2D eigenvalue weighted by atomic mass is 9.76. The largest absolute Gasteiger partial charge is 0.486 e. The first-order chi connectivity index (χ1) is 18.0. The highest BCUT2D eigenvalue weighted by atomic mass is 19.1. The molecule has 186 valence electrons. The van der Waals surface area contributed by atoms with Crippen LogP contribution < -0.4 is 14.8 Å². The van der Waals surface area contributed by atoms with Crippen LogP contribution in [0.25, 0.3) is 10.9 Å². The lowest BCUT2D eigenvalue weighted by Crippen LogP contribution is -2.34. The number of carbonyl (C=O) groups excluding carboxylic acids is 2. The van der Waals surface area contributed by atoms with Crippen LogP contribution in [0.4, 0.5) is 10.1 Å². The molecule has 2 aliphatic rings. The zero-order valence-electron chi connectivity index (χ0n) is 20.0. The Hall–Kier alpha value is -4.46. The maximum Gasteiger partial charge on any atom is 0.339 e. The lowest BCUT2D eigenvalue weighted by Gasteiger charge is -2.36. The number of carbonyl (C=O) groups is 2. The summed E-state index contributed by atoms with van der Waals surface area (Å²) >= 11 is 0. The summed E-state index contributed by atoms with van der Waals surface area (Å²) in [7, 11) is 0. The fraction of sp³-hybridized carbons (Fsp3) is 0.207. The Morgan fingerprint density at radius 2 is 1.89 bits per heavy atom. The molecule has 6 rings (SSSR count). The molecule has 8 heteroatoms. The van der Waals surface area contributed by atoms with Crippen LogP contribution in [0, 0.1) is 5.82 Å². The summed E-state index contributed by atoms with van der Waals surface area (Å²) in [6.07, 6.45) is 1.66. The van der Waals surface area contributed by atoms with Gasteiger partial charge in [0.1, 0.15) is 19.0 Å². The molecule has 1 N–H and O–H groups in total. The number of hydrogen-bond acceptors (Lipinski definition) is 7. The number of fused-ring (bicyclic) bond motifs is 3. The molecule has 0 amide bonds. The molecule has 4 aromatic rings. The van der Waals surface area contributed by atoms with Crippen LogP contribution in [0.3, 0.4) is 0 Å². The molecule has 0 saturated heterocycles. The van der Waals surface area contributed by atoms with E-state index in [4.69, 9.17) is 14.2 Å². The molecule has 3 aromatic carbocycles. The normalized spacial score (nSPS) is 18.2. The van der Waals surface area contributed by atoms with Gasteiger partial charge in [0.05, 0.1) is 35.2 Å². The smallest absolute Gasteiger partial charge is 0.339 e. The molecule has 37 heavy (non-hydrogen) atoms. The molecule has 0 saturated carbocycles. The highest BCUT2D eigenvalue weighted by Gasteiger charge is 2.41. The molecule has 7 nitrogen and oxygen atoms in total. The first kappa shape index (κ1) is 23.0. The zero-order chi connectivity index (χ0) is 25.5. The van der Waals surface area contributed by atoms with Gasteiger partial charge in [0.15, 0.2) is 17.3 Å². The Balaban J connectivity index is 1.57. The minimum absolute atomic E-state index is 0.0988. The van der Waals surface area contributed by atoms with E-state index in [2.05, 4.69) is 10.3 Å². The maximum absolute atomic E-state index is 14.7. The van der Waals surface area contributed by atoms with Crippen molar-refractivity contribution in [2.24, 2.45) is 0 Å². The van der Waals surface area contributed by atoms with Crippen molar-refractivity contribution in [3.63, 3.8) is 0 Å². The van der Waals surface area contributed by atoms with E-state index in [0.29, 0.717) is 24.7 Å². The summed E-state index contributed by atoms with van der Waals surface area (Å²) in [6.45, 7) is 2.64. The molecule has 2 unspecified atom stereocenters. The van der Waals surface area contributed by atoms with Crippen LogP contribution in [-0.2, 0) is 4.74 Å². The van der Waals surface area contributed by atoms with Crippen molar-refractivity contribution >= 4 is 28.3 Å². The number of para-hydroxylation sites is 1. The SMILES string of the molecule is CCOC(=O)c1cc(F)cc2c1C(=O)C(c1ccnc3ccccc13)C(c1ccc3c(c1)OCCO3)N2. The van der Waals surface area contributed by atoms with Gasteiger partial charge in [-0.15, -0.1) is 0 Å². The predicted octanol–water partition coefficient (Wildman–Crippen LogP) is 5.46. The highest BCUT2D eigenvalue weighted by Crippen LogP contribution is 2.47. The highest BCUT2D eigenvalue weighted by molar-refractivity contribution is 6.15. The number of nitrogens with zero attached hydrogens (tertiary/aromatic N) is 1. The van der Waals surface area contributed by atoms with Crippen molar-refractivity contribution < 1.29 is 28.2 Å². The number of ether oxygens (including phenoxy) is 3. The second kappa shape index (κ2) is 9.20. The topological polar surface area (TPSA) is 86.8 Å². The Labute approximate surface area is 212 Å². The molecule has 0 radical (unpaired) electrons. The molecule has 1 aromatic heterocycles. The van der Waals surface area contributed by atoms with Gasteiger partial charge in [0, 0.05) is 17.3 Å². The number of nitrogens with one attached hydrogen (secondary N) is 1. The molecular formula is C29H23FN2O5. The van der Waals surface area contributed by atoms with Crippen LogP contribution in [-0.4, -0.2) is 36.6 Å². The molecule has 0 aliphatic carbocycles. The number of hydrogen-bond donors (Lipinski definition) is 1. The quantitative estimate of drug-likeness (QED) is 0.374. The number of esters is 1. The number of anilines is 1. The zero-order valence-corrected chi connectivity index (χ0v) is 20.0. The van der Waals surface area contributed by atoms with Crippen molar-refractivity contribution in [1.29, 1.82) is 0 Å². The summed E-state index contributed by atoms with van der Waals surface area (Å²) in [4.78, 5) is 31.6. The van der Waals surface area contributed by atoms with Gasteiger partial charge < -0.3 is 19.5 Å². The average molecular weight is 499 g/mol. The molecule has 0 spiro atoms. The number of pyridine rings is 1. The van der Waals surface area contributed by atoms with Crippen LogP contribution in [0.15, 0.2) is 66.9 Å². The molecular weight excluding hydrogens is 475 g/mol. The van der Waals surface area contributed by atoms with Crippen molar-refractivity contribution in [3.05, 3.63) is 94.9 Å². The average Bonchev–Trinajstić information content (AvgIpc) is 2.92. The minimum Gasteiger partial charge on any atom is -0.486 e. The predicted molar refractivity (Wildman–Crippen MR) is 135 cm³/mol. The summed E-state index contributed by atoms with van der Waals surface area (Å²) < 4.78 is 31.3. The van der Waals surface area contributed by atoms with Gasteiger partial charge in [0.2, 0.25) is 0 Å². The Morgan fingerprint density at radius 3 is 2.73 bits per heavy atom. The van der Waals surface area contributed by atoms with E-state index in [-0.39, 0.29) is 29.2 Å². The number of rotatable bonds is 4. The van der Waals surface area contributed by atoms with Crippen LogP contribution in [0.2, 0.25) is 0 Å². The standard InChI is InChI=1S/C29H23FN2O5/c1-2-35-29(34)20-14-17(30)15-22-25(20)28(33)26(19-9-10-31-21-6-4-3-5-18(19)21)27(32-22)16-7-8-23-24(13-16)37-12-11-36-23/h3-10,13-15,26-27,32H,2,11-12H2,1H3.